The standard InChI is InChI=1S/C16H32N2O2/c1-3-18(15-10-8-9-14(15)13-17)12-7-5-6-11-16(19)20-4-2/h14-15H,3-13,17H2,1-2H3. The number of unbranched alkanes of at least 4 members (excludes halogenated alkanes) is 2. The van der Waals surface area contributed by atoms with Crippen molar-refractivity contribution in [3.8, 4) is 0 Å². The summed E-state index contributed by atoms with van der Waals surface area (Å²) in [7, 11) is 0. The number of carbonyl (C=O) groups excluding carboxylic acids is 1. The molecule has 1 fully saturated rings. The summed E-state index contributed by atoms with van der Waals surface area (Å²) < 4.78 is 4.94. The second-order valence-electron chi connectivity index (χ2n) is 5.74. The van der Waals surface area contributed by atoms with Gasteiger partial charge in [-0.25, -0.2) is 0 Å². The zero-order valence-electron chi connectivity index (χ0n) is 13.3. The summed E-state index contributed by atoms with van der Waals surface area (Å²) >= 11 is 0. The lowest BCUT2D eigenvalue weighted by atomic mass is 10.0. The Hall–Kier alpha value is -0.610. The predicted octanol–water partition coefficient (Wildman–Crippen LogP) is 2.56. The molecule has 0 aromatic rings. The van der Waals surface area contributed by atoms with E-state index in [0.717, 1.165) is 32.5 Å². The van der Waals surface area contributed by atoms with Gasteiger partial charge in [0.1, 0.15) is 0 Å². The molecule has 20 heavy (non-hydrogen) atoms. The molecule has 4 heteroatoms. The number of hydrogen-bond acceptors (Lipinski definition) is 4. The first-order valence-electron chi connectivity index (χ1n) is 8.32. The van der Waals surface area contributed by atoms with E-state index in [1.54, 1.807) is 0 Å². The normalized spacial score (nSPS) is 22.4. The highest BCUT2D eigenvalue weighted by molar-refractivity contribution is 5.69. The summed E-state index contributed by atoms with van der Waals surface area (Å²) in [5.74, 6) is 0.633. The van der Waals surface area contributed by atoms with Crippen LogP contribution in [0.15, 0.2) is 0 Å². The van der Waals surface area contributed by atoms with Crippen LogP contribution in [0.5, 0.6) is 0 Å². The first-order valence-corrected chi connectivity index (χ1v) is 8.32. The van der Waals surface area contributed by atoms with Crippen LogP contribution in [0.3, 0.4) is 0 Å². The fourth-order valence-electron chi connectivity index (χ4n) is 3.33. The Morgan fingerprint density at radius 2 is 2.05 bits per heavy atom. The molecule has 1 aliphatic rings. The molecule has 0 radical (unpaired) electrons. The van der Waals surface area contributed by atoms with Crippen molar-refractivity contribution in [1.29, 1.82) is 0 Å². The van der Waals surface area contributed by atoms with E-state index in [2.05, 4.69) is 11.8 Å². The fourth-order valence-corrected chi connectivity index (χ4v) is 3.33. The summed E-state index contributed by atoms with van der Waals surface area (Å²) in [4.78, 5) is 13.8. The Kier molecular flexibility index (Phi) is 8.86. The van der Waals surface area contributed by atoms with Crippen LogP contribution in [-0.4, -0.2) is 43.2 Å². The van der Waals surface area contributed by atoms with Gasteiger partial charge in [-0.15, -0.1) is 0 Å². The number of nitrogens with two attached hydrogens (primary N) is 1. The van der Waals surface area contributed by atoms with Crippen LogP contribution in [0.25, 0.3) is 0 Å². The van der Waals surface area contributed by atoms with Crippen LogP contribution in [-0.2, 0) is 9.53 Å². The molecule has 0 aromatic carbocycles. The fraction of sp³-hybridized carbons (Fsp3) is 0.938. The van der Waals surface area contributed by atoms with Crippen LogP contribution >= 0.6 is 0 Å². The van der Waals surface area contributed by atoms with E-state index in [9.17, 15) is 4.79 Å². The molecular formula is C16H32N2O2. The quantitative estimate of drug-likeness (QED) is 0.495. The Labute approximate surface area is 124 Å². The van der Waals surface area contributed by atoms with E-state index in [-0.39, 0.29) is 5.97 Å². The second-order valence-corrected chi connectivity index (χ2v) is 5.74. The number of esters is 1. The van der Waals surface area contributed by atoms with Gasteiger partial charge in [0, 0.05) is 12.5 Å². The van der Waals surface area contributed by atoms with Crippen molar-refractivity contribution in [3.05, 3.63) is 0 Å². The molecule has 118 valence electrons. The van der Waals surface area contributed by atoms with Crippen LogP contribution in [0.1, 0.15) is 58.8 Å². The van der Waals surface area contributed by atoms with Gasteiger partial charge < -0.3 is 15.4 Å². The van der Waals surface area contributed by atoms with Gasteiger partial charge in [-0.05, 0) is 58.2 Å². The molecule has 2 N–H and O–H groups in total. The Morgan fingerprint density at radius 3 is 2.70 bits per heavy atom. The highest BCUT2D eigenvalue weighted by Gasteiger charge is 2.29. The van der Waals surface area contributed by atoms with Gasteiger partial charge >= 0.3 is 5.97 Å². The SMILES string of the molecule is CCOC(=O)CCCCCN(CC)C1CCCC1CN. The number of carbonyl (C=O) groups is 1. The van der Waals surface area contributed by atoms with E-state index >= 15 is 0 Å². The van der Waals surface area contributed by atoms with Crippen LogP contribution in [0.4, 0.5) is 0 Å². The molecule has 2 unspecified atom stereocenters. The molecule has 0 aromatic heterocycles. The van der Waals surface area contributed by atoms with Crippen molar-refractivity contribution in [3.63, 3.8) is 0 Å². The van der Waals surface area contributed by atoms with E-state index in [4.69, 9.17) is 10.5 Å². The molecule has 1 rings (SSSR count). The maximum absolute atomic E-state index is 11.2. The maximum Gasteiger partial charge on any atom is 0.305 e. The van der Waals surface area contributed by atoms with Gasteiger partial charge in [-0.3, -0.25) is 4.79 Å². The Balaban J connectivity index is 2.17. The molecule has 2 atom stereocenters. The molecule has 0 bridgehead atoms. The third-order valence-corrected chi connectivity index (χ3v) is 4.43. The smallest absolute Gasteiger partial charge is 0.305 e. The molecule has 0 spiro atoms. The largest absolute Gasteiger partial charge is 0.466 e. The van der Waals surface area contributed by atoms with Gasteiger partial charge in [0.2, 0.25) is 0 Å². The zero-order chi connectivity index (χ0) is 14.8. The van der Waals surface area contributed by atoms with Crippen molar-refractivity contribution in [2.75, 3.05) is 26.2 Å². The van der Waals surface area contributed by atoms with E-state index in [0.29, 0.717) is 25.0 Å². The molecule has 0 amide bonds. The van der Waals surface area contributed by atoms with Gasteiger partial charge in [-0.2, -0.15) is 0 Å². The molecule has 0 heterocycles. The summed E-state index contributed by atoms with van der Waals surface area (Å²) in [6, 6.07) is 0.690. The Morgan fingerprint density at radius 1 is 1.25 bits per heavy atom. The monoisotopic (exact) mass is 284 g/mol. The van der Waals surface area contributed by atoms with Crippen molar-refractivity contribution >= 4 is 5.97 Å². The van der Waals surface area contributed by atoms with Gasteiger partial charge in [0.25, 0.3) is 0 Å². The lowest BCUT2D eigenvalue weighted by molar-refractivity contribution is -0.143. The van der Waals surface area contributed by atoms with E-state index < -0.39 is 0 Å². The molecular weight excluding hydrogens is 252 g/mol. The summed E-state index contributed by atoms with van der Waals surface area (Å²) in [6.07, 6.45) is 7.71. The minimum Gasteiger partial charge on any atom is -0.466 e. The highest BCUT2D eigenvalue weighted by atomic mass is 16.5. The number of nitrogens with zero attached hydrogens (tertiary/aromatic N) is 1. The van der Waals surface area contributed by atoms with E-state index in [1.165, 1.54) is 25.7 Å². The van der Waals surface area contributed by atoms with E-state index in [1.807, 2.05) is 6.92 Å². The van der Waals surface area contributed by atoms with Gasteiger partial charge in [-0.1, -0.05) is 19.8 Å². The van der Waals surface area contributed by atoms with Crippen LogP contribution in [0, 0.1) is 5.92 Å². The average Bonchev–Trinajstić information content (AvgIpc) is 2.91. The first-order chi connectivity index (χ1) is 9.72. The maximum atomic E-state index is 11.2. The molecule has 4 nitrogen and oxygen atoms in total. The second kappa shape index (κ2) is 10.2. The van der Waals surface area contributed by atoms with Crippen molar-refractivity contribution in [2.45, 2.75) is 64.8 Å². The molecule has 1 aliphatic carbocycles. The summed E-state index contributed by atoms with van der Waals surface area (Å²) in [5.41, 5.74) is 5.88. The van der Waals surface area contributed by atoms with Crippen LogP contribution in [0.2, 0.25) is 0 Å². The highest BCUT2D eigenvalue weighted by Crippen LogP contribution is 2.29. The van der Waals surface area contributed by atoms with Gasteiger partial charge in [0.15, 0.2) is 0 Å². The third kappa shape index (κ3) is 5.80. The number of hydrogen-bond donors (Lipinski definition) is 1. The van der Waals surface area contributed by atoms with Gasteiger partial charge in [0.05, 0.1) is 6.61 Å². The third-order valence-electron chi connectivity index (χ3n) is 4.43. The minimum atomic E-state index is -0.0566. The summed E-state index contributed by atoms with van der Waals surface area (Å²) in [5, 5.41) is 0. The molecule has 0 saturated heterocycles. The lowest BCUT2D eigenvalue weighted by Crippen LogP contribution is -2.40. The average molecular weight is 284 g/mol. The van der Waals surface area contributed by atoms with Crippen molar-refractivity contribution < 1.29 is 9.53 Å². The van der Waals surface area contributed by atoms with Crippen molar-refractivity contribution in [1.82, 2.24) is 4.90 Å². The van der Waals surface area contributed by atoms with Crippen LogP contribution < -0.4 is 5.73 Å². The molecule has 0 aliphatic heterocycles. The number of ether oxygens (including phenoxy) is 1. The van der Waals surface area contributed by atoms with Crippen molar-refractivity contribution in [2.24, 2.45) is 11.7 Å². The number of rotatable bonds is 10. The molecule has 1 saturated carbocycles. The first kappa shape index (κ1) is 17.4. The lowest BCUT2D eigenvalue weighted by Gasteiger charge is -2.31. The summed E-state index contributed by atoms with van der Waals surface area (Å²) in [6.45, 7) is 7.66. The predicted molar refractivity (Wildman–Crippen MR) is 82.5 cm³/mol. The zero-order valence-corrected chi connectivity index (χ0v) is 13.3. The topological polar surface area (TPSA) is 55.6 Å². The Bertz CT molecular complexity index is 271. The minimum absolute atomic E-state index is 0.0566.